The van der Waals surface area contributed by atoms with E-state index < -0.39 is 0 Å². The van der Waals surface area contributed by atoms with Crippen LogP contribution in [0.25, 0.3) is 0 Å². The first-order valence-corrected chi connectivity index (χ1v) is 5.31. The third kappa shape index (κ3) is 1.33. The molecule has 0 spiro atoms. The Morgan fingerprint density at radius 3 is 3.13 bits per heavy atom. The first kappa shape index (κ1) is 8.85. The highest BCUT2D eigenvalue weighted by atomic mass is 16.2. The molecule has 0 atom stereocenters. The average Bonchev–Trinajstić information content (AvgIpc) is 2.58. The molecule has 3 heterocycles. The van der Waals surface area contributed by atoms with E-state index in [1.54, 1.807) is 6.20 Å². The predicted molar refractivity (Wildman–Crippen MR) is 56.7 cm³/mol. The molecule has 1 fully saturated rings. The molecule has 4 heteroatoms. The van der Waals surface area contributed by atoms with Crippen LogP contribution in [0.1, 0.15) is 5.56 Å². The van der Waals surface area contributed by atoms with Crippen molar-refractivity contribution in [1.29, 1.82) is 0 Å². The van der Waals surface area contributed by atoms with E-state index in [-0.39, 0.29) is 11.8 Å². The Morgan fingerprint density at radius 1 is 1.53 bits per heavy atom. The molecule has 1 saturated heterocycles. The summed E-state index contributed by atoms with van der Waals surface area (Å²) in [6, 6.07) is 1.94. The topological polar surface area (TPSA) is 45.2 Å². The van der Waals surface area contributed by atoms with Crippen molar-refractivity contribution >= 4 is 11.6 Å². The number of carbonyl (C=O) groups is 1. The smallest absolute Gasteiger partial charge is 0.232 e. The summed E-state index contributed by atoms with van der Waals surface area (Å²) in [4.78, 5) is 18.0. The number of carbonyl (C=O) groups excluding carboxylic acids is 1. The minimum Gasteiger partial charge on any atom is -0.315 e. The molecule has 0 saturated carbocycles. The zero-order chi connectivity index (χ0) is 10.3. The van der Waals surface area contributed by atoms with Crippen molar-refractivity contribution in [2.75, 3.05) is 24.5 Å². The lowest BCUT2D eigenvalue weighted by molar-refractivity contribution is -0.123. The van der Waals surface area contributed by atoms with Crippen molar-refractivity contribution in [3.8, 4) is 0 Å². The maximum absolute atomic E-state index is 12.1. The molecule has 0 radical (unpaired) electrons. The fourth-order valence-electron chi connectivity index (χ4n) is 2.14. The Morgan fingerprint density at radius 2 is 2.40 bits per heavy atom. The number of nitrogens with zero attached hydrogens (tertiary/aromatic N) is 2. The lowest BCUT2D eigenvalue weighted by atomic mass is 10.0. The molecule has 4 nitrogen and oxygen atoms in total. The molecule has 78 valence electrons. The third-order valence-corrected chi connectivity index (χ3v) is 3.17. The first-order chi connectivity index (χ1) is 7.36. The standard InChI is InChI=1S/C11H13N3O/c15-11(9-6-13-7-9)14-4-2-8-5-12-3-1-10(8)14/h1,3,5,9,13H,2,4,6-7H2. The SMILES string of the molecule is O=C(C1CNC1)N1CCc2cnccc21. The highest BCUT2D eigenvalue weighted by Gasteiger charge is 2.33. The van der Waals surface area contributed by atoms with Gasteiger partial charge >= 0.3 is 0 Å². The summed E-state index contributed by atoms with van der Waals surface area (Å²) in [7, 11) is 0. The second-order valence-electron chi connectivity index (χ2n) is 4.10. The maximum Gasteiger partial charge on any atom is 0.232 e. The lowest BCUT2D eigenvalue weighted by Gasteiger charge is -2.30. The van der Waals surface area contributed by atoms with Gasteiger partial charge in [0.05, 0.1) is 5.92 Å². The van der Waals surface area contributed by atoms with Gasteiger partial charge in [0.1, 0.15) is 0 Å². The van der Waals surface area contributed by atoms with Gasteiger partial charge in [0.25, 0.3) is 0 Å². The van der Waals surface area contributed by atoms with Crippen LogP contribution >= 0.6 is 0 Å². The monoisotopic (exact) mass is 203 g/mol. The van der Waals surface area contributed by atoms with E-state index in [9.17, 15) is 4.79 Å². The van der Waals surface area contributed by atoms with Crippen LogP contribution in [0.15, 0.2) is 18.5 Å². The van der Waals surface area contributed by atoms with Gasteiger partial charge in [0.15, 0.2) is 0 Å². The van der Waals surface area contributed by atoms with E-state index in [1.165, 1.54) is 5.56 Å². The number of rotatable bonds is 1. The fourth-order valence-corrected chi connectivity index (χ4v) is 2.14. The second kappa shape index (κ2) is 3.31. The second-order valence-corrected chi connectivity index (χ2v) is 4.10. The Kier molecular flexibility index (Phi) is 1.95. The molecule has 3 rings (SSSR count). The highest BCUT2D eigenvalue weighted by molar-refractivity contribution is 5.97. The molecule has 1 aromatic rings. The molecular weight excluding hydrogens is 190 g/mol. The number of pyridine rings is 1. The molecule has 1 amide bonds. The van der Waals surface area contributed by atoms with Gasteiger partial charge in [0, 0.05) is 37.7 Å². The third-order valence-electron chi connectivity index (χ3n) is 3.17. The van der Waals surface area contributed by atoms with Crippen molar-refractivity contribution < 1.29 is 4.79 Å². The number of anilines is 1. The lowest BCUT2D eigenvalue weighted by Crippen LogP contribution is -2.51. The van der Waals surface area contributed by atoms with Crippen LogP contribution in [-0.4, -0.2) is 30.5 Å². The minimum atomic E-state index is 0.184. The van der Waals surface area contributed by atoms with Crippen molar-refractivity contribution in [3.63, 3.8) is 0 Å². The molecule has 0 unspecified atom stereocenters. The average molecular weight is 203 g/mol. The zero-order valence-corrected chi connectivity index (χ0v) is 8.44. The summed E-state index contributed by atoms with van der Waals surface area (Å²) in [6.07, 6.45) is 4.56. The van der Waals surface area contributed by atoms with Crippen LogP contribution in [0, 0.1) is 5.92 Å². The van der Waals surface area contributed by atoms with Crippen molar-refractivity contribution in [3.05, 3.63) is 24.0 Å². The van der Waals surface area contributed by atoms with Gasteiger partial charge in [-0.2, -0.15) is 0 Å². The van der Waals surface area contributed by atoms with Gasteiger partial charge in [-0.05, 0) is 18.1 Å². The Labute approximate surface area is 88.3 Å². The van der Waals surface area contributed by atoms with E-state index >= 15 is 0 Å². The maximum atomic E-state index is 12.1. The molecule has 15 heavy (non-hydrogen) atoms. The molecule has 2 aliphatic rings. The number of aromatic nitrogens is 1. The van der Waals surface area contributed by atoms with Crippen LogP contribution in [0.5, 0.6) is 0 Å². The van der Waals surface area contributed by atoms with Crippen molar-refractivity contribution in [2.24, 2.45) is 5.92 Å². The van der Waals surface area contributed by atoms with Crippen molar-refractivity contribution in [2.45, 2.75) is 6.42 Å². The number of hydrogen-bond donors (Lipinski definition) is 1. The molecule has 2 aliphatic heterocycles. The van der Waals surface area contributed by atoms with Gasteiger partial charge in [-0.15, -0.1) is 0 Å². The van der Waals surface area contributed by atoms with Crippen LogP contribution < -0.4 is 10.2 Å². The fraction of sp³-hybridized carbons (Fsp3) is 0.455. The number of fused-ring (bicyclic) bond motifs is 1. The van der Waals surface area contributed by atoms with Crippen LogP contribution in [-0.2, 0) is 11.2 Å². The molecule has 0 aromatic carbocycles. The first-order valence-electron chi connectivity index (χ1n) is 5.31. The Bertz CT molecular complexity index is 401. The Balaban J connectivity index is 1.86. The summed E-state index contributed by atoms with van der Waals surface area (Å²) in [5, 5.41) is 3.13. The van der Waals surface area contributed by atoms with E-state index in [0.29, 0.717) is 0 Å². The molecule has 1 aromatic heterocycles. The van der Waals surface area contributed by atoms with Crippen LogP contribution in [0.3, 0.4) is 0 Å². The summed E-state index contributed by atoms with van der Waals surface area (Å²) in [5.41, 5.74) is 2.25. The quantitative estimate of drug-likeness (QED) is 0.708. The van der Waals surface area contributed by atoms with Crippen LogP contribution in [0.2, 0.25) is 0 Å². The van der Waals surface area contributed by atoms with Gasteiger partial charge < -0.3 is 10.2 Å². The largest absolute Gasteiger partial charge is 0.315 e. The highest BCUT2D eigenvalue weighted by Crippen LogP contribution is 2.28. The van der Waals surface area contributed by atoms with Gasteiger partial charge in [0.2, 0.25) is 5.91 Å². The molecule has 0 bridgehead atoms. The van der Waals surface area contributed by atoms with E-state index in [2.05, 4.69) is 10.3 Å². The normalized spacial score (nSPS) is 19.9. The van der Waals surface area contributed by atoms with E-state index in [4.69, 9.17) is 0 Å². The summed E-state index contributed by atoms with van der Waals surface area (Å²) < 4.78 is 0. The minimum absolute atomic E-state index is 0.184. The van der Waals surface area contributed by atoms with E-state index in [0.717, 1.165) is 31.7 Å². The predicted octanol–water partition coefficient (Wildman–Crippen LogP) is 0.190. The molecule has 1 N–H and O–H groups in total. The summed E-state index contributed by atoms with van der Waals surface area (Å²) in [5.74, 6) is 0.447. The van der Waals surface area contributed by atoms with E-state index in [1.807, 2.05) is 17.2 Å². The van der Waals surface area contributed by atoms with Crippen molar-refractivity contribution in [1.82, 2.24) is 10.3 Å². The number of nitrogens with one attached hydrogen (secondary N) is 1. The summed E-state index contributed by atoms with van der Waals surface area (Å²) >= 11 is 0. The summed E-state index contributed by atoms with van der Waals surface area (Å²) in [6.45, 7) is 2.47. The number of amides is 1. The zero-order valence-electron chi connectivity index (χ0n) is 8.44. The molecule has 0 aliphatic carbocycles. The number of hydrogen-bond acceptors (Lipinski definition) is 3. The van der Waals surface area contributed by atoms with Crippen LogP contribution in [0.4, 0.5) is 5.69 Å². The van der Waals surface area contributed by atoms with Gasteiger partial charge in [-0.1, -0.05) is 0 Å². The van der Waals surface area contributed by atoms with Gasteiger partial charge in [-0.25, -0.2) is 0 Å². The van der Waals surface area contributed by atoms with Gasteiger partial charge in [-0.3, -0.25) is 9.78 Å². The Hall–Kier alpha value is -1.42. The molecular formula is C11H13N3O.